The highest BCUT2D eigenvalue weighted by Gasteiger charge is 2.20. The molecule has 1 amide bonds. The van der Waals surface area contributed by atoms with Crippen molar-refractivity contribution >= 4 is 22.6 Å². The van der Waals surface area contributed by atoms with E-state index in [1.54, 1.807) is 17.3 Å². The van der Waals surface area contributed by atoms with Gasteiger partial charge in [-0.25, -0.2) is 4.98 Å². The third-order valence-corrected chi connectivity index (χ3v) is 5.67. The van der Waals surface area contributed by atoms with E-state index in [-0.39, 0.29) is 22.9 Å². The SMILES string of the molecule is C=C1/C=C\C=C/CCC(Nc2cnc3c(c2)c(=O)c(C(=O)N(CC)CC)cn3CC)C1. The van der Waals surface area contributed by atoms with Crippen LogP contribution in [-0.4, -0.2) is 39.5 Å². The molecule has 1 atom stereocenters. The van der Waals surface area contributed by atoms with Gasteiger partial charge in [-0.15, -0.1) is 0 Å². The number of pyridine rings is 2. The van der Waals surface area contributed by atoms with E-state index in [1.165, 1.54) is 0 Å². The number of nitrogens with zero attached hydrogens (tertiary/aromatic N) is 3. The van der Waals surface area contributed by atoms with Crippen LogP contribution in [0.25, 0.3) is 11.0 Å². The number of carbonyl (C=O) groups is 1. The van der Waals surface area contributed by atoms with Crippen molar-refractivity contribution < 1.29 is 4.79 Å². The van der Waals surface area contributed by atoms with Crippen molar-refractivity contribution in [1.82, 2.24) is 14.5 Å². The molecule has 1 N–H and O–H groups in total. The number of hydrogen-bond donors (Lipinski definition) is 1. The minimum atomic E-state index is -0.266. The van der Waals surface area contributed by atoms with Gasteiger partial charge in [0.1, 0.15) is 11.2 Å². The van der Waals surface area contributed by atoms with Crippen LogP contribution in [0.2, 0.25) is 0 Å². The second-order valence-electron chi connectivity index (χ2n) is 7.80. The van der Waals surface area contributed by atoms with Gasteiger partial charge in [-0.1, -0.05) is 36.5 Å². The molecule has 2 aromatic rings. The molecule has 0 bridgehead atoms. The Balaban J connectivity index is 2.00. The molecule has 164 valence electrons. The van der Waals surface area contributed by atoms with Crippen LogP contribution in [-0.2, 0) is 6.54 Å². The number of anilines is 1. The molecular formula is C25H32N4O2. The van der Waals surface area contributed by atoms with Crippen LogP contribution < -0.4 is 10.7 Å². The van der Waals surface area contributed by atoms with Crippen molar-refractivity contribution in [2.75, 3.05) is 18.4 Å². The minimum absolute atomic E-state index is 0.188. The van der Waals surface area contributed by atoms with Crippen molar-refractivity contribution in [1.29, 1.82) is 0 Å². The van der Waals surface area contributed by atoms with Gasteiger partial charge in [-0.2, -0.15) is 0 Å². The van der Waals surface area contributed by atoms with E-state index in [0.29, 0.717) is 30.7 Å². The van der Waals surface area contributed by atoms with Crippen LogP contribution in [0.5, 0.6) is 0 Å². The molecule has 6 nitrogen and oxygen atoms in total. The summed E-state index contributed by atoms with van der Waals surface area (Å²) in [4.78, 5) is 32.4. The second kappa shape index (κ2) is 10.2. The van der Waals surface area contributed by atoms with Crippen LogP contribution in [0.3, 0.4) is 0 Å². The minimum Gasteiger partial charge on any atom is -0.381 e. The lowest BCUT2D eigenvalue weighted by molar-refractivity contribution is 0.0771. The molecule has 0 aromatic carbocycles. The van der Waals surface area contributed by atoms with Gasteiger partial charge < -0.3 is 14.8 Å². The second-order valence-corrected chi connectivity index (χ2v) is 7.80. The highest BCUT2D eigenvalue weighted by Crippen LogP contribution is 2.21. The van der Waals surface area contributed by atoms with Gasteiger partial charge in [0, 0.05) is 31.9 Å². The van der Waals surface area contributed by atoms with Crippen molar-refractivity contribution in [2.45, 2.75) is 52.6 Å². The standard InChI is InChI=1S/C25H32N4O2/c1-5-28(6-2)25(31)22-17-29(7-3)24-21(23(22)30)15-20(16-26-24)27-19-13-11-9-8-10-12-18(4)14-19/h8-10,12,15-17,19,27H,4-7,11,13-14H2,1-3H3/b9-8-,12-10-. The molecule has 1 aliphatic carbocycles. The molecule has 2 heterocycles. The normalized spacial score (nSPS) is 18.7. The number of hydrogen-bond acceptors (Lipinski definition) is 4. The van der Waals surface area contributed by atoms with E-state index in [4.69, 9.17) is 0 Å². The first-order chi connectivity index (χ1) is 15.0. The van der Waals surface area contributed by atoms with Crippen LogP contribution in [0.1, 0.15) is 50.4 Å². The molecule has 3 rings (SSSR count). The Kier molecular flexibility index (Phi) is 7.45. The Morgan fingerprint density at radius 1 is 1.29 bits per heavy atom. The maximum absolute atomic E-state index is 13.3. The van der Waals surface area contributed by atoms with Crippen molar-refractivity contribution in [3.05, 3.63) is 70.7 Å². The summed E-state index contributed by atoms with van der Waals surface area (Å²) in [5.41, 5.74) is 2.36. The summed E-state index contributed by atoms with van der Waals surface area (Å²) in [5.74, 6) is -0.233. The average molecular weight is 421 g/mol. The lowest BCUT2D eigenvalue weighted by Crippen LogP contribution is -2.34. The highest BCUT2D eigenvalue weighted by molar-refractivity contribution is 5.97. The number of aryl methyl sites for hydroxylation is 1. The van der Waals surface area contributed by atoms with Crippen LogP contribution in [0.15, 0.2) is 59.7 Å². The fourth-order valence-corrected chi connectivity index (χ4v) is 3.94. The lowest BCUT2D eigenvalue weighted by atomic mass is 10.0. The van der Waals surface area contributed by atoms with E-state index < -0.39 is 0 Å². The molecule has 1 unspecified atom stereocenters. The van der Waals surface area contributed by atoms with E-state index in [0.717, 1.165) is 30.5 Å². The molecule has 31 heavy (non-hydrogen) atoms. The topological polar surface area (TPSA) is 67.2 Å². The van der Waals surface area contributed by atoms with Crippen LogP contribution in [0.4, 0.5) is 5.69 Å². The smallest absolute Gasteiger partial charge is 0.259 e. The van der Waals surface area contributed by atoms with E-state index >= 15 is 0 Å². The number of allylic oxidation sites excluding steroid dienone is 4. The van der Waals surface area contributed by atoms with Crippen molar-refractivity contribution in [2.24, 2.45) is 0 Å². The molecule has 2 aromatic heterocycles. The Morgan fingerprint density at radius 3 is 2.77 bits per heavy atom. The quantitative estimate of drug-likeness (QED) is 0.745. The monoisotopic (exact) mass is 420 g/mol. The van der Waals surface area contributed by atoms with E-state index in [9.17, 15) is 9.59 Å². The van der Waals surface area contributed by atoms with Gasteiger partial charge in [-0.3, -0.25) is 9.59 Å². The molecule has 0 saturated heterocycles. The van der Waals surface area contributed by atoms with Gasteiger partial charge in [-0.05, 0) is 46.1 Å². The molecule has 0 aliphatic heterocycles. The third kappa shape index (κ3) is 5.13. The van der Waals surface area contributed by atoms with Gasteiger partial charge >= 0.3 is 0 Å². The Labute approximate surface area is 184 Å². The molecule has 0 radical (unpaired) electrons. The van der Waals surface area contributed by atoms with Crippen LogP contribution in [0, 0.1) is 0 Å². The zero-order valence-corrected chi connectivity index (χ0v) is 18.7. The molecule has 0 saturated carbocycles. The lowest BCUT2D eigenvalue weighted by Gasteiger charge is -2.21. The van der Waals surface area contributed by atoms with Crippen molar-refractivity contribution in [3.63, 3.8) is 0 Å². The number of carbonyl (C=O) groups excluding carboxylic acids is 1. The zero-order chi connectivity index (χ0) is 22.4. The molecule has 0 fully saturated rings. The summed E-state index contributed by atoms with van der Waals surface area (Å²) in [7, 11) is 0. The first-order valence-corrected chi connectivity index (χ1v) is 11.1. The summed E-state index contributed by atoms with van der Waals surface area (Å²) in [6.07, 6.45) is 14.4. The predicted octanol–water partition coefficient (Wildman–Crippen LogP) is 4.53. The molecule has 6 heteroatoms. The zero-order valence-electron chi connectivity index (χ0n) is 18.7. The number of rotatable bonds is 6. The number of nitrogens with one attached hydrogen (secondary N) is 1. The Morgan fingerprint density at radius 2 is 2.06 bits per heavy atom. The summed E-state index contributed by atoms with van der Waals surface area (Å²) in [6.45, 7) is 11.7. The van der Waals surface area contributed by atoms with E-state index in [2.05, 4.69) is 23.0 Å². The molecule has 0 spiro atoms. The highest BCUT2D eigenvalue weighted by atomic mass is 16.2. The summed E-state index contributed by atoms with van der Waals surface area (Å²) in [5, 5.41) is 3.99. The number of fused-ring (bicyclic) bond motifs is 1. The fourth-order valence-electron chi connectivity index (χ4n) is 3.94. The average Bonchev–Trinajstić information content (AvgIpc) is 2.86. The Hall–Kier alpha value is -3.15. The van der Waals surface area contributed by atoms with Gasteiger partial charge in [0.15, 0.2) is 0 Å². The van der Waals surface area contributed by atoms with Crippen LogP contribution >= 0.6 is 0 Å². The van der Waals surface area contributed by atoms with Gasteiger partial charge in [0.25, 0.3) is 5.91 Å². The third-order valence-electron chi connectivity index (χ3n) is 5.67. The first-order valence-electron chi connectivity index (χ1n) is 11.1. The number of aromatic nitrogens is 2. The van der Waals surface area contributed by atoms with Gasteiger partial charge in [0.05, 0.1) is 17.3 Å². The summed E-state index contributed by atoms with van der Waals surface area (Å²) < 4.78 is 1.87. The largest absolute Gasteiger partial charge is 0.381 e. The maximum Gasteiger partial charge on any atom is 0.259 e. The predicted molar refractivity (Wildman–Crippen MR) is 128 cm³/mol. The first kappa shape index (κ1) is 22.5. The summed E-state index contributed by atoms with van der Waals surface area (Å²) in [6, 6.07) is 2.02. The Bertz CT molecular complexity index is 1080. The van der Waals surface area contributed by atoms with E-state index in [1.807, 2.05) is 49.6 Å². The molecular weight excluding hydrogens is 388 g/mol. The molecule has 1 aliphatic rings. The summed E-state index contributed by atoms with van der Waals surface area (Å²) >= 11 is 0. The van der Waals surface area contributed by atoms with Gasteiger partial charge in [0.2, 0.25) is 5.43 Å². The fraction of sp³-hybridized carbons (Fsp3) is 0.400. The maximum atomic E-state index is 13.3. The number of amides is 1. The van der Waals surface area contributed by atoms with Crippen molar-refractivity contribution in [3.8, 4) is 0 Å².